The molecule has 0 unspecified atom stereocenters. The zero-order chi connectivity index (χ0) is 8.55. The second kappa shape index (κ2) is 2.37. The number of fused-ring (bicyclic) bond motifs is 1. The predicted octanol–water partition coefficient (Wildman–Crippen LogP) is 0.0515. The minimum Gasteiger partial charge on any atom is -0.508 e. The summed E-state index contributed by atoms with van der Waals surface area (Å²) in [4.78, 5) is 3.01. The fraction of sp³-hybridized carbons (Fsp3) is 0. The Labute approximate surface area is 69.2 Å². The molecule has 4 N–H and O–H groups in total. The highest BCUT2D eigenvalue weighted by Gasteiger charge is 2.02. The van der Waals surface area contributed by atoms with Gasteiger partial charge in [0.2, 0.25) is 0 Å². The molecule has 2 rings (SSSR count). The summed E-state index contributed by atoms with van der Waals surface area (Å²) in [5.41, 5.74) is 1.84. The van der Waals surface area contributed by atoms with Crippen molar-refractivity contribution in [3.05, 3.63) is 30.0 Å². The first-order valence-corrected chi connectivity index (χ1v) is 3.66. The van der Waals surface area contributed by atoms with Gasteiger partial charge >= 0.3 is 0 Å². The molecule has 1 aromatic carbocycles. The van der Waals surface area contributed by atoms with Gasteiger partial charge in [0.1, 0.15) is 5.75 Å². The fourth-order valence-corrected chi connectivity index (χ4v) is 1.27. The van der Waals surface area contributed by atoms with Gasteiger partial charge in [-0.3, -0.25) is 5.41 Å². The summed E-state index contributed by atoms with van der Waals surface area (Å²) in [6, 6.07) is 5.14. The summed E-state index contributed by atoms with van der Waals surface area (Å²) in [5, 5.41) is 15.6. The van der Waals surface area contributed by atoms with Crippen molar-refractivity contribution in [1.82, 2.24) is 4.98 Å². The summed E-state index contributed by atoms with van der Waals surface area (Å²) in [7, 11) is 0. The lowest BCUT2D eigenvalue weighted by molar-refractivity contribution is -0.104. The number of nitrogens with two attached hydrogens (primary N) is 1. The van der Waals surface area contributed by atoms with Crippen LogP contribution in [0.5, 0.6) is 5.75 Å². The summed E-state index contributed by atoms with van der Waals surface area (Å²) in [6.45, 7) is 0. The first-order valence-electron chi connectivity index (χ1n) is 3.66. The van der Waals surface area contributed by atoms with Gasteiger partial charge in [-0.1, -0.05) is 0 Å². The van der Waals surface area contributed by atoms with Crippen LogP contribution in [-0.2, 0) is 0 Å². The smallest absolute Gasteiger partial charge is 0.169 e. The molecule has 1 heterocycles. The number of aromatic hydroxyl groups is 1. The molecule has 2 aromatic rings. The van der Waals surface area contributed by atoms with Crippen LogP contribution in [-0.4, -0.2) is 16.3 Å². The van der Waals surface area contributed by atoms with Gasteiger partial charge < -0.3 is 10.1 Å². The largest absolute Gasteiger partial charge is 0.508 e. The average Bonchev–Trinajstić information content (AvgIpc) is 2.46. The molecular weight excluding hydrogens is 152 g/mol. The maximum absolute atomic E-state index is 9.15. The molecule has 12 heavy (non-hydrogen) atoms. The molecule has 0 radical (unpaired) electrons. The highest BCUT2D eigenvalue weighted by Crippen LogP contribution is 2.20. The maximum atomic E-state index is 9.15. The Kier molecular flexibility index (Phi) is 1.37. The molecule has 0 saturated heterocycles. The highest BCUT2D eigenvalue weighted by molar-refractivity contribution is 5.97. The molecule has 3 nitrogen and oxygen atoms in total. The summed E-state index contributed by atoms with van der Waals surface area (Å²) in [6.07, 6.45) is 3.35. The van der Waals surface area contributed by atoms with E-state index >= 15 is 0 Å². The SMILES string of the molecule is [NH2+]=Cc1c[nH]c2cc(O)ccc12. The van der Waals surface area contributed by atoms with Crippen molar-refractivity contribution in [3.8, 4) is 5.75 Å². The number of aromatic amines is 1. The number of hydrogen-bond donors (Lipinski definition) is 3. The van der Waals surface area contributed by atoms with Gasteiger partial charge in [0.25, 0.3) is 0 Å². The molecule has 0 saturated carbocycles. The topological polar surface area (TPSA) is 61.6 Å². The van der Waals surface area contributed by atoms with E-state index in [1.54, 1.807) is 12.1 Å². The van der Waals surface area contributed by atoms with Crippen LogP contribution in [0.25, 0.3) is 10.9 Å². The third kappa shape index (κ3) is 0.871. The molecular formula is C9H9N2O+. The van der Waals surface area contributed by atoms with Gasteiger partial charge in [0.05, 0.1) is 5.56 Å². The number of hydrogen-bond acceptors (Lipinski definition) is 1. The molecule has 0 spiro atoms. The fourth-order valence-electron chi connectivity index (χ4n) is 1.27. The molecule has 60 valence electrons. The molecule has 0 atom stereocenters. The summed E-state index contributed by atoms with van der Waals surface area (Å²) < 4.78 is 0. The van der Waals surface area contributed by atoms with E-state index in [9.17, 15) is 0 Å². The average molecular weight is 161 g/mol. The molecule has 0 aliphatic heterocycles. The Morgan fingerprint density at radius 2 is 2.25 bits per heavy atom. The van der Waals surface area contributed by atoms with E-state index < -0.39 is 0 Å². The van der Waals surface area contributed by atoms with Crippen LogP contribution in [0.4, 0.5) is 0 Å². The maximum Gasteiger partial charge on any atom is 0.169 e. The normalized spacial score (nSPS) is 10.3. The van der Waals surface area contributed by atoms with Crippen molar-refractivity contribution in [1.29, 1.82) is 0 Å². The molecule has 3 heteroatoms. The third-order valence-corrected chi connectivity index (χ3v) is 1.88. The Balaban J connectivity index is 2.81. The Morgan fingerprint density at radius 3 is 3.00 bits per heavy atom. The molecule has 0 fully saturated rings. The van der Waals surface area contributed by atoms with Crippen LogP contribution in [0.3, 0.4) is 0 Å². The van der Waals surface area contributed by atoms with Crippen LogP contribution in [0.15, 0.2) is 24.4 Å². The first kappa shape index (κ1) is 6.91. The van der Waals surface area contributed by atoms with E-state index in [1.165, 1.54) is 6.21 Å². The van der Waals surface area contributed by atoms with Crippen molar-refractivity contribution in [2.45, 2.75) is 0 Å². The van der Waals surface area contributed by atoms with E-state index in [-0.39, 0.29) is 5.75 Å². The Bertz CT molecular complexity index is 431. The second-order valence-corrected chi connectivity index (χ2v) is 2.64. The molecule has 0 aliphatic carbocycles. The second-order valence-electron chi connectivity index (χ2n) is 2.64. The highest BCUT2D eigenvalue weighted by atomic mass is 16.3. The van der Waals surface area contributed by atoms with E-state index in [0.717, 1.165) is 16.5 Å². The van der Waals surface area contributed by atoms with Crippen molar-refractivity contribution in [2.24, 2.45) is 0 Å². The number of phenolic OH excluding ortho intramolecular Hbond substituents is 1. The lowest BCUT2D eigenvalue weighted by Crippen LogP contribution is -2.29. The first-order chi connectivity index (χ1) is 5.81. The molecule has 0 amide bonds. The zero-order valence-electron chi connectivity index (χ0n) is 6.41. The van der Waals surface area contributed by atoms with Crippen molar-refractivity contribution < 1.29 is 10.5 Å². The lowest BCUT2D eigenvalue weighted by atomic mass is 10.2. The quantitative estimate of drug-likeness (QED) is 0.508. The Hall–Kier alpha value is -1.77. The summed E-state index contributed by atoms with van der Waals surface area (Å²) >= 11 is 0. The van der Waals surface area contributed by atoms with E-state index in [2.05, 4.69) is 4.98 Å². The number of nitrogens with one attached hydrogen (secondary N) is 1. The van der Waals surface area contributed by atoms with E-state index in [0.29, 0.717) is 0 Å². The molecule has 0 bridgehead atoms. The van der Waals surface area contributed by atoms with Crippen LogP contribution in [0.1, 0.15) is 5.56 Å². The molecule has 1 aromatic heterocycles. The van der Waals surface area contributed by atoms with E-state index in [4.69, 9.17) is 10.5 Å². The third-order valence-electron chi connectivity index (χ3n) is 1.88. The standard InChI is InChI=1S/C9H8N2O/c10-4-6-5-11-9-3-7(12)1-2-8(6)9/h1-5,10-12H/p+1. The number of benzene rings is 1. The lowest BCUT2D eigenvalue weighted by Gasteiger charge is -1.91. The van der Waals surface area contributed by atoms with Gasteiger partial charge in [-0.05, 0) is 12.1 Å². The van der Waals surface area contributed by atoms with Gasteiger partial charge in [0, 0.05) is 23.2 Å². The van der Waals surface area contributed by atoms with Gasteiger partial charge in [0.15, 0.2) is 6.21 Å². The summed E-state index contributed by atoms with van der Waals surface area (Å²) in [5.74, 6) is 0.257. The predicted molar refractivity (Wildman–Crippen MR) is 47.1 cm³/mol. The van der Waals surface area contributed by atoms with Gasteiger partial charge in [-0.2, -0.15) is 0 Å². The number of aromatic nitrogens is 1. The van der Waals surface area contributed by atoms with Crippen molar-refractivity contribution in [2.75, 3.05) is 0 Å². The number of rotatable bonds is 1. The van der Waals surface area contributed by atoms with Crippen LogP contribution in [0.2, 0.25) is 0 Å². The Morgan fingerprint density at radius 1 is 1.42 bits per heavy atom. The molecule has 0 aliphatic rings. The minimum absolute atomic E-state index is 0.257. The zero-order valence-corrected chi connectivity index (χ0v) is 6.41. The van der Waals surface area contributed by atoms with Crippen LogP contribution >= 0.6 is 0 Å². The monoisotopic (exact) mass is 161 g/mol. The van der Waals surface area contributed by atoms with Crippen molar-refractivity contribution in [3.63, 3.8) is 0 Å². The van der Waals surface area contributed by atoms with E-state index in [1.807, 2.05) is 12.3 Å². The van der Waals surface area contributed by atoms with Crippen molar-refractivity contribution >= 4 is 17.1 Å². The minimum atomic E-state index is 0.257. The van der Waals surface area contributed by atoms with Gasteiger partial charge in [-0.15, -0.1) is 0 Å². The van der Waals surface area contributed by atoms with Crippen LogP contribution in [0, 0.1) is 0 Å². The van der Waals surface area contributed by atoms with Gasteiger partial charge in [-0.25, -0.2) is 0 Å². The number of phenols is 1. The number of H-pyrrole nitrogens is 1. The van der Waals surface area contributed by atoms with Crippen LogP contribution < -0.4 is 5.41 Å².